The van der Waals surface area contributed by atoms with Crippen molar-refractivity contribution in [1.82, 2.24) is 9.78 Å². The van der Waals surface area contributed by atoms with Crippen molar-refractivity contribution in [3.05, 3.63) is 74.4 Å². The van der Waals surface area contributed by atoms with E-state index in [1.54, 1.807) is 6.07 Å². The molecule has 5 nitrogen and oxygen atoms in total. The van der Waals surface area contributed by atoms with Crippen LogP contribution in [0.25, 0.3) is 28.1 Å². The molecule has 0 saturated carbocycles. The number of unbranched alkanes of at least 4 members (excludes halogenated alkanes) is 3. The van der Waals surface area contributed by atoms with Crippen molar-refractivity contribution in [3.8, 4) is 17.0 Å². The van der Waals surface area contributed by atoms with Gasteiger partial charge in [0.05, 0.1) is 5.69 Å². The van der Waals surface area contributed by atoms with Crippen LogP contribution in [0.2, 0.25) is 0 Å². The van der Waals surface area contributed by atoms with Gasteiger partial charge in [-0.3, -0.25) is 14.7 Å². The Morgan fingerprint density at radius 2 is 1.82 bits per heavy atom. The summed E-state index contributed by atoms with van der Waals surface area (Å²) in [5, 5.41) is 3.27. The minimum atomic E-state index is -0.377. The fraction of sp³-hybridized carbons (Fsp3) is 0.273. The molecule has 1 aliphatic heterocycles. The molecule has 2 aliphatic rings. The van der Waals surface area contributed by atoms with Crippen LogP contribution in [0.5, 0.6) is 0 Å². The molecular formula is C22H21FN2O3. The van der Waals surface area contributed by atoms with Crippen molar-refractivity contribution in [2.24, 2.45) is 0 Å². The van der Waals surface area contributed by atoms with Gasteiger partial charge in [-0.1, -0.05) is 26.2 Å². The van der Waals surface area contributed by atoms with Crippen molar-refractivity contribution >= 4 is 11.1 Å². The first-order chi connectivity index (χ1) is 13.6. The van der Waals surface area contributed by atoms with Gasteiger partial charge in [0.1, 0.15) is 17.0 Å². The molecule has 1 aromatic heterocycles. The first kappa shape index (κ1) is 18.2. The SMILES string of the molecule is CCCCCCc1cc2cc3c(=O)n(-c4ccc(F)cc4)[nH]c3oc-2cc1=O. The topological polar surface area (TPSA) is 68.0 Å². The van der Waals surface area contributed by atoms with Gasteiger partial charge in [-0.2, -0.15) is 0 Å². The second-order valence-corrected chi connectivity index (χ2v) is 7.03. The molecule has 1 aliphatic carbocycles. The van der Waals surface area contributed by atoms with Crippen molar-refractivity contribution < 1.29 is 8.81 Å². The Hall–Kier alpha value is -3.15. The van der Waals surface area contributed by atoms with Crippen LogP contribution in [0.3, 0.4) is 0 Å². The molecule has 0 bridgehead atoms. The van der Waals surface area contributed by atoms with Crippen LogP contribution in [0, 0.1) is 5.82 Å². The van der Waals surface area contributed by atoms with E-state index in [1.165, 1.54) is 35.0 Å². The van der Waals surface area contributed by atoms with Crippen LogP contribution in [0.1, 0.15) is 38.2 Å². The lowest BCUT2D eigenvalue weighted by molar-refractivity contribution is 0.596. The lowest BCUT2D eigenvalue weighted by Gasteiger charge is -2.07. The third-order valence-electron chi connectivity index (χ3n) is 4.98. The van der Waals surface area contributed by atoms with Crippen LogP contribution < -0.4 is 11.0 Å². The van der Waals surface area contributed by atoms with E-state index < -0.39 is 0 Å². The number of H-pyrrole nitrogens is 1. The fourth-order valence-electron chi connectivity index (χ4n) is 3.44. The van der Waals surface area contributed by atoms with Crippen LogP contribution in [-0.4, -0.2) is 9.78 Å². The standard InChI is InChI=1S/C22H21FN2O3/c1-2-3-4-5-6-14-11-15-12-18-21(28-20(15)13-19(14)26)24-25(22(18)27)17-9-7-16(23)8-10-17/h7-13,24H,2-6H2,1H3. The van der Waals surface area contributed by atoms with E-state index in [0.29, 0.717) is 16.8 Å². The van der Waals surface area contributed by atoms with E-state index >= 15 is 0 Å². The molecule has 0 fully saturated rings. The van der Waals surface area contributed by atoms with E-state index in [9.17, 15) is 14.0 Å². The first-order valence-electron chi connectivity index (χ1n) is 9.54. The molecule has 0 spiro atoms. The van der Waals surface area contributed by atoms with E-state index in [-0.39, 0.29) is 22.5 Å². The summed E-state index contributed by atoms with van der Waals surface area (Å²) in [7, 11) is 0. The summed E-state index contributed by atoms with van der Waals surface area (Å²) in [4.78, 5) is 25.2. The normalized spacial score (nSPS) is 11.5. The van der Waals surface area contributed by atoms with Gasteiger partial charge < -0.3 is 4.42 Å². The Morgan fingerprint density at radius 3 is 2.57 bits per heavy atom. The molecular weight excluding hydrogens is 359 g/mol. The molecule has 2 aromatic rings. The summed E-state index contributed by atoms with van der Waals surface area (Å²) < 4.78 is 20.2. The number of hydrogen-bond acceptors (Lipinski definition) is 3. The first-order valence-corrected chi connectivity index (χ1v) is 9.54. The zero-order valence-electron chi connectivity index (χ0n) is 15.6. The molecule has 0 saturated heterocycles. The number of aryl methyl sites for hydroxylation is 1. The molecule has 2 heterocycles. The third-order valence-corrected chi connectivity index (χ3v) is 4.98. The fourth-order valence-corrected chi connectivity index (χ4v) is 3.44. The Balaban J connectivity index is 1.77. The average molecular weight is 380 g/mol. The maximum atomic E-state index is 13.2. The van der Waals surface area contributed by atoms with E-state index in [4.69, 9.17) is 4.42 Å². The molecule has 28 heavy (non-hydrogen) atoms. The Morgan fingerprint density at radius 1 is 1.04 bits per heavy atom. The van der Waals surface area contributed by atoms with Gasteiger partial charge in [0.2, 0.25) is 5.71 Å². The highest BCUT2D eigenvalue weighted by Crippen LogP contribution is 2.26. The Labute approximate surface area is 160 Å². The third kappa shape index (κ3) is 3.38. The van der Waals surface area contributed by atoms with Gasteiger partial charge in [0, 0.05) is 17.2 Å². The molecule has 1 aromatic carbocycles. The largest absolute Gasteiger partial charge is 0.438 e. The van der Waals surface area contributed by atoms with Crippen LogP contribution in [-0.2, 0) is 6.42 Å². The highest BCUT2D eigenvalue weighted by atomic mass is 19.1. The predicted octanol–water partition coefficient (Wildman–Crippen LogP) is 4.64. The lowest BCUT2D eigenvalue weighted by Crippen LogP contribution is -2.14. The van der Waals surface area contributed by atoms with Gasteiger partial charge in [-0.25, -0.2) is 9.07 Å². The smallest absolute Gasteiger partial charge is 0.282 e. The van der Waals surface area contributed by atoms with E-state index in [1.807, 2.05) is 6.07 Å². The van der Waals surface area contributed by atoms with Gasteiger partial charge in [-0.05, 0) is 49.2 Å². The predicted molar refractivity (Wildman–Crippen MR) is 107 cm³/mol. The number of fused-ring (bicyclic) bond motifs is 2. The minimum Gasteiger partial charge on any atom is -0.438 e. The lowest BCUT2D eigenvalue weighted by atomic mass is 10.0. The summed E-state index contributed by atoms with van der Waals surface area (Å²) in [5.41, 5.74) is 1.91. The summed E-state index contributed by atoms with van der Waals surface area (Å²) >= 11 is 0. The van der Waals surface area contributed by atoms with Crippen LogP contribution in [0.4, 0.5) is 4.39 Å². The van der Waals surface area contributed by atoms with E-state index in [0.717, 1.165) is 43.2 Å². The number of aromatic amines is 1. The van der Waals surface area contributed by atoms with Crippen molar-refractivity contribution in [2.75, 3.05) is 0 Å². The van der Waals surface area contributed by atoms with Gasteiger partial charge >= 0.3 is 0 Å². The summed E-state index contributed by atoms with van der Waals surface area (Å²) in [5.74, 6) is 0.0556. The number of aromatic nitrogens is 2. The molecule has 6 heteroatoms. The van der Waals surface area contributed by atoms with Gasteiger partial charge in [0.15, 0.2) is 5.43 Å². The highest BCUT2D eigenvalue weighted by molar-refractivity contribution is 5.80. The summed E-state index contributed by atoms with van der Waals surface area (Å²) in [6, 6.07) is 10.6. The number of hydrogen-bond donors (Lipinski definition) is 1. The maximum Gasteiger partial charge on any atom is 0.282 e. The quantitative estimate of drug-likeness (QED) is 0.496. The molecule has 0 radical (unpaired) electrons. The molecule has 4 rings (SSSR count). The van der Waals surface area contributed by atoms with Crippen molar-refractivity contribution in [1.29, 1.82) is 0 Å². The monoisotopic (exact) mass is 380 g/mol. The zero-order valence-corrected chi connectivity index (χ0v) is 15.6. The molecule has 0 unspecified atom stereocenters. The molecule has 1 N–H and O–H groups in total. The van der Waals surface area contributed by atoms with Crippen molar-refractivity contribution in [3.63, 3.8) is 0 Å². The van der Waals surface area contributed by atoms with Gasteiger partial charge in [0.25, 0.3) is 5.56 Å². The highest BCUT2D eigenvalue weighted by Gasteiger charge is 2.16. The molecule has 0 atom stereocenters. The van der Waals surface area contributed by atoms with E-state index in [2.05, 4.69) is 12.0 Å². The number of rotatable bonds is 6. The maximum absolute atomic E-state index is 13.2. The van der Waals surface area contributed by atoms with Crippen LogP contribution >= 0.6 is 0 Å². The number of nitrogens with one attached hydrogen (secondary N) is 1. The number of halogens is 1. The number of benzene rings is 2. The second-order valence-electron chi connectivity index (χ2n) is 7.03. The Kier molecular flexibility index (Phi) is 4.86. The summed E-state index contributed by atoms with van der Waals surface area (Å²) in [6.07, 6.45) is 5.09. The second kappa shape index (κ2) is 7.46. The average Bonchev–Trinajstić information content (AvgIpc) is 3.00. The summed E-state index contributed by atoms with van der Waals surface area (Å²) in [6.45, 7) is 2.15. The zero-order chi connectivity index (χ0) is 19.7. The molecule has 0 amide bonds. The van der Waals surface area contributed by atoms with Gasteiger partial charge in [-0.15, -0.1) is 0 Å². The van der Waals surface area contributed by atoms with Crippen LogP contribution in [0.15, 0.2) is 56.5 Å². The number of nitrogens with zero attached hydrogens (tertiary/aromatic N) is 1. The Bertz CT molecular complexity index is 1200. The van der Waals surface area contributed by atoms with Crippen molar-refractivity contribution in [2.45, 2.75) is 39.0 Å². The molecule has 144 valence electrons. The minimum absolute atomic E-state index is 0.0487.